The summed E-state index contributed by atoms with van der Waals surface area (Å²) in [5.74, 6) is 6.10. The van der Waals surface area contributed by atoms with E-state index in [9.17, 15) is 0 Å². The molecule has 1 heterocycles. The number of alkyl halides is 1. The fourth-order valence-electron chi connectivity index (χ4n) is 0.499. The minimum absolute atomic E-state index is 0.391. The van der Waals surface area contributed by atoms with Gasteiger partial charge < -0.3 is 0 Å². The van der Waals surface area contributed by atoms with Gasteiger partial charge >= 0.3 is 0 Å². The van der Waals surface area contributed by atoms with Gasteiger partial charge in [-0.25, -0.2) is 0 Å². The van der Waals surface area contributed by atoms with Crippen LogP contribution < -0.4 is 0 Å². The first-order chi connectivity index (χ1) is 4.84. The van der Waals surface area contributed by atoms with Crippen molar-refractivity contribution in [3.63, 3.8) is 0 Å². The van der Waals surface area contributed by atoms with Crippen molar-refractivity contribution >= 4 is 38.9 Å². The molecule has 0 aromatic carbocycles. The summed E-state index contributed by atoms with van der Waals surface area (Å²) in [6.07, 6.45) is 0. The first kappa shape index (κ1) is 8.13. The van der Waals surface area contributed by atoms with Gasteiger partial charge in [-0.1, -0.05) is 11.8 Å². The summed E-state index contributed by atoms with van der Waals surface area (Å²) in [5, 5.41) is 3.99. The first-order valence-corrected chi connectivity index (χ1v) is 4.88. The number of rotatable bonds is 0. The second kappa shape index (κ2) is 4.02. The number of thiophene rings is 1. The highest BCUT2D eigenvalue weighted by Gasteiger charge is 1.93. The lowest BCUT2D eigenvalue weighted by Crippen LogP contribution is -1.67. The topological polar surface area (TPSA) is 0 Å². The summed E-state index contributed by atoms with van der Waals surface area (Å²) in [4.78, 5) is 0. The predicted molar refractivity (Wildman–Crippen MR) is 49.6 cm³/mol. The fourth-order valence-corrected chi connectivity index (χ4v) is 1.89. The molecule has 0 radical (unpaired) electrons. The van der Waals surface area contributed by atoms with Crippen LogP contribution in [-0.2, 0) is 0 Å². The van der Waals surface area contributed by atoms with Crippen molar-refractivity contribution in [3.8, 4) is 11.8 Å². The molecular formula is C7H4BrClS. The van der Waals surface area contributed by atoms with Crippen LogP contribution in [-0.4, -0.2) is 5.88 Å². The molecule has 0 aliphatic heterocycles. The van der Waals surface area contributed by atoms with E-state index in [2.05, 4.69) is 27.8 Å². The third-order valence-corrected chi connectivity index (χ3v) is 2.74. The summed E-state index contributed by atoms with van der Waals surface area (Å²) >= 11 is 10.4. The van der Waals surface area contributed by atoms with Gasteiger partial charge in [-0.3, -0.25) is 0 Å². The SMILES string of the molecule is ClCC#Cc1cscc1Br. The summed E-state index contributed by atoms with van der Waals surface area (Å²) in [6.45, 7) is 0. The van der Waals surface area contributed by atoms with Crippen molar-refractivity contribution in [2.45, 2.75) is 0 Å². The molecule has 1 aromatic rings. The molecule has 0 aliphatic carbocycles. The van der Waals surface area contributed by atoms with E-state index in [0.29, 0.717) is 5.88 Å². The second-order valence-corrected chi connectivity index (χ2v) is 3.43. The van der Waals surface area contributed by atoms with Crippen LogP contribution in [0.4, 0.5) is 0 Å². The molecular weight excluding hydrogens is 232 g/mol. The molecule has 10 heavy (non-hydrogen) atoms. The molecule has 0 saturated heterocycles. The highest BCUT2D eigenvalue weighted by atomic mass is 79.9. The van der Waals surface area contributed by atoms with E-state index in [1.54, 1.807) is 11.3 Å². The lowest BCUT2D eigenvalue weighted by molar-refractivity contribution is 1.75. The number of hydrogen-bond donors (Lipinski definition) is 0. The van der Waals surface area contributed by atoms with E-state index in [-0.39, 0.29) is 0 Å². The van der Waals surface area contributed by atoms with Gasteiger partial charge in [0.25, 0.3) is 0 Å². The molecule has 0 fully saturated rings. The molecule has 1 aromatic heterocycles. The minimum Gasteiger partial charge on any atom is -0.150 e. The third kappa shape index (κ3) is 2.02. The van der Waals surface area contributed by atoms with Crippen molar-refractivity contribution in [2.75, 3.05) is 5.88 Å². The lowest BCUT2D eigenvalue weighted by Gasteiger charge is -1.79. The molecule has 0 nitrogen and oxygen atoms in total. The maximum absolute atomic E-state index is 5.39. The number of hydrogen-bond acceptors (Lipinski definition) is 1. The summed E-state index contributed by atoms with van der Waals surface area (Å²) < 4.78 is 1.05. The normalized spacial score (nSPS) is 8.60. The van der Waals surface area contributed by atoms with Crippen LogP contribution >= 0.6 is 38.9 Å². The molecule has 0 N–H and O–H groups in total. The smallest absolute Gasteiger partial charge is 0.0839 e. The van der Waals surface area contributed by atoms with E-state index >= 15 is 0 Å². The summed E-state index contributed by atoms with van der Waals surface area (Å²) in [5.41, 5.74) is 1.02. The van der Waals surface area contributed by atoms with E-state index in [1.807, 2.05) is 10.8 Å². The Balaban J connectivity index is 2.84. The Kier molecular flexibility index (Phi) is 3.27. The molecule has 0 amide bonds. The maximum atomic E-state index is 5.39. The zero-order valence-corrected chi connectivity index (χ0v) is 8.18. The zero-order chi connectivity index (χ0) is 7.40. The van der Waals surface area contributed by atoms with Gasteiger partial charge in [0.05, 0.1) is 5.88 Å². The van der Waals surface area contributed by atoms with Gasteiger partial charge in [-0.15, -0.1) is 22.9 Å². The molecule has 0 aliphatic rings. The van der Waals surface area contributed by atoms with Crippen molar-refractivity contribution < 1.29 is 0 Å². The van der Waals surface area contributed by atoms with Crippen LogP contribution in [0.2, 0.25) is 0 Å². The van der Waals surface area contributed by atoms with Crippen molar-refractivity contribution in [1.29, 1.82) is 0 Å². The largest absolute Gasteiger partial charge is 0.150 e. The van der Waals surface area contributed by atoms with Crippen molar-refractivity contribution in [1.82, 2.24) is 0 Å². The van der Waals surface area contributed by atoms with Gasteiger partial charge in [-0.2, -0.15) is 0 Å². The van der Waals surface area contributed by atoms with Crippen LogP contribution in [0.1, 0.15) is 5.56 Å². The van der Waals surface area contributed by atoms with Gasteiger partial charge in [0.2, 0.25) is 0 Å². The average molecular weight is 236 g/mol. The highest BCUT2D eigenvalue weighted by molar-refractivity contribution is 9.10. The summed E-state index contributed by atoms with van der Waals surface area (Å²) in [6, 6.07) is 0. The molecule has 0 unspecified atom stereocenters. The summed E-state index contributed by atoms with van der Waals surface area (Å²) in [7, 11) is 0. The van der Waals surface area contributed by atoms with Gasteiger partial charge in [0.1, 0.15) is 0 Å². The Bertz CT molecular complexity index is 269. The zero-order valence-electron chi connectivity index (χ0n) is 5.03. The van der Waals surface area contributed by atoms with Gasteiger partial charge in [-0.05, 0) is 15.9 Å². The molecule has 3 heteroatoms. The molecule has 0 saturated carbocycles. The van der Waals surface area contributed by atoms with Crippen LogP contribution in [0, 0.1) is 11.8 Å². The van der Waals surface area contributed by atoms with E-state index in [4.69, 9.17) is 11.6 Å². The molecule has 0 atom stereocenters. The lowest BCUT2D eigenvalue weighted by atomic mass is 10.3. The fraction of sp³-hybridized carbons (Fsp3) is 0.143. The van der Waals surface area contributed by atoms with Crippen molar-refractivity contribution in [2.24, 2.45) is 0 Å². The Hall–Kier alpha value is 0.0300. The Morgan fingerprint density at radius 2 is 2.40 bits per heavy atom. The Morgan fingerprint density at radius 3 is 2.90 bits per heavy atom. The van der Waals surface area contributed by atoms with E-state index in [0.717, 1.165) is 10.0 Å². The van der Waals surface area contributed by atoms with E-state index < -0.39 is 0 Å². The monoisotopic (exact) mass is 234 g/mol. The standard InChI is InChI=1S/C7H4BrClS/c8-7-5-10-4-6(7)2-1-3-9/h4-5H,3H2. The highest BCUT2D eigenvalue weighted by Crippen LogP contribution is 2.19. The first-order valence-electron chi connectivity index (χ1n) is 2.61. The minimum atomic E-state index is 0.391. The quantitative estimate of drug-likeness (QED) is 0.479. The molecule has 0 bridgehead atoms. The molecule has 0 spiro atoms. The molecule has 1 rings (SSSR count). The predicted octanol–water partition coefficient (Wildman–Crippen LogP) is 3.10. The molecule has 52 valence electrons. The van der Waals surface area contributed by atoms with Crippen LogP contribution in [0.3, 0.4) is 0 Å². The van der Waals surface area contributed by atoms with E-state index in [1.165, 1.54) is 0 Å². The average Bonchev–Trinajstić information content (AvgIpc) is 2.31. The van der Waals surface area contributed by atoms with Gasteiger partial charge in [0, 0.05) is 20.8 Å². The van der Waals surface area contributed by atoms with Crippen LogP contribution in [0.15, 0.2) is 15.2 Å². The van der Waals surface area contributed by atoms with Crippen LogP contribution in [0.5, 0.6) is 0 Å². The Labute approximate surface area is 77.3 Å². The van der Waals surface area contributed by atoms with Crippen molar-refractivity contribution in [3.05, 3.63) is 20.8 Å². The third-order valence-electron chi connectivity index (χ3n) is 0.905. The number of halogens is 2. The Morgan fingerprint density at radius 1 is 1.60 bits per heavy atom. The maximum Gasteiger partial charge on any atom is 0.0839 e. The van der Waals surface area contributed by atoms with Crippen LogP contribution in [0.25, 0.3) is 0 Å². The van der Waals surface area contributed by atoms with Gasteiger partial charge in [0.15, 0.2) is 0 Å². The second-order valence-electron chi connectivity index (χ2n) is 1.57.